The number of fused-ring (bicyclic) bond motifs is 5. The van der Waals surface area contributed by atoms with Crippen molar-refractivity contribution in [3.63, 3.8) is 0 Å². The van der Waals surface area contributed by atoms with E-state index in [1.807, 2.05) is 24.7 Å². The zero-order chi connectivity index (χ0) is 94.6. The monoisotopic (exact) mass is 1760 g/mol. The number of rotatable bonds is 11. The van der Waals surface area contributed by atoms with Gasteiger partial charge < -0.3 is 0 Å². The van der Waals surface area contributed by atoms with Gasteiger partial charge in [-0.2, -0.15) is 22.8 Å². The minimum atomic E-state index is 0.477. The number of para-hydroxylation sites is 5. The summed E-state index contributed by atoms with van der Waals surface area (Å²) in [4.78, 5) is 40.4. The molecule has 0 atom stereocenters. The molecule has 0 aliphatic carbocycles. The van der Waals surface area contributed by atoms with E-state index in [2.05, 4.69) is 454 Å². The van der Waals surface area contributed by atoms with Crippen molar-refractivity contribution in [3.05, 3.63) is 393 Å². The molecule has 10 aromatic carbocycles. The molecule has 0 saturated heterocycles. The van der Waals surface area contributed by atoms with Gasteiger partial charge in [-0.3, -0.25) is 19.9 Å². The molecule has 0 saturated carbocycles. The number of aryl methyl sites for hydroxylation is 16. The summed E-state index contributed by atoms with van der Waals surface area (Å²) in [6.07, 6.45) is 16.0. The van der Waals surface area contributed by atoms with E-state index in [-0.39, 0.29) is 0 Å². The Morgan fingerprint density at radius 2 is 0.507 bits per heavy atom. The topological polar surface area (TPSA) is 135 Å². The Balaban J connectivity index is 0.000000122. The zero-order valence-corrected chi connectivity index (χ0v) is 81.6. The third-order valence-corrected chi connectivity index (χ3v) is 26.6. The fourth-order valence-electron chi connectivity index (χ4n) is 19.0. The molecule has 0 aliphatic heterocycles. The molecular formula is C120H119N14+5. The molecule has 0 bridgehead atoms. The van der Waals surface area contributed by atoms with E-state index in [0.717, 1.165) is 56.4 Å². The lowest BCUT2D eigenvalue weighted by molar-refractivity contribution is -0.633. The van der Waals surface area contributed by atoms with E-state index in [1.54, 1.807) is 37.4 Å². The third-order valence-electron chi connectivity index (χ3n) is 26.6. The fraction of sp³-hybridized carbons (Fsp3) is 0.200. The molecule has 0 fully saturated rings. The Morgan fingerprint density at radius 1 is 0.216 bits per heavy atom. The van der Waals surface area contributed by atoms with Crippen LogP contribution in [0.1, 0.15) is 114 Å². The molecule has 0 aliphatic rings. The molecule has 134 heavy (non-hydrogen) atoms. The van der Waals surface area contributed by atoms with Gasteiger partial charge in [0.25, 0.3) is 0 Å². The normalized spacial score (nSPS) is 11.2. The van der Waals surface area contributed by atoms with E-state index in [4.69, 9.17) is 9.97 Å². The van der Waals surface area contributed by atoms with E-state index >= 15 is 0 Å². The lowest BCUT2D eigenvalue weighted by Gasteiger charge is -2.14. The van der Waals surface area contributed by atoms with Gasteiger partial charge in [-0.1, -0.05) is 145 Å². The highest BCUT2D eigenvalue weighted by Crippen LogP contribution is 2.42. The van der Waals surface area contributed by atoms with Crippen molar-refractivity contribution in [2.24, 2.45) is 35.2 Å². The summed E-state index contributed by atoms with van der Waals surface area (Å²) in [6.45, 7) is 39.2. The van der Waals surface area contributed by atoms with Crippen molar-refractivity contribution in [3.8, 4) is 113 Å². The molecule has 14 heteroatoms. The molecular weight excluding hydrogens is 1640 g/mol. The first-order chi connectivity index (χ1) is 64.5. The molecule has 10 heterocycles. The molecule has 0 amide bonds. The van der Waals surface area contributed by atoms with Crippen LogP contribution in [-0.4, -0.2) is 44.9 Å². The highest BCUT2D eigenvalue weighted by Gasteiger charge is 2.32. The Labute approximate surface area is 789 Å². The summed E-state index contributed by atoms with van der Waals surface area (Å²) in [5, 5.41) is 5.99. The number of hydrogen-bond donors (Lipinski definition) is 0. The van der Waals surface area contributed by atoms with Crippen molar-refractivity contribution in [1.82, 2.24) is 44.9 Å². The predicted molar refractivity (Wildman–Crippen MR) is 550 cm³/mol. The van der Waals surface area contributed by atoms with Gasteiger partial charge in [-0.05, 0) is 293 Å². The van der Waals surface area contributed by atoms with E-state index in [1.165, 1.54) is 200 Å². The molecule has 0 radical (unpaired) electrons. The SMILES string of the molecule is Cc1cc(C)c(C)c(-c2c(-c3ccc(C(C)C)cn3)cc3ccccc3[n+]2C)c1.Cc1cc(C)c(C)c(-c2c(-c3cnccn3)cc3ccccc3[n+]2C)c1.Cc1cc(C)c(C)c(-c2c(-c3ncccn3)cc3ccccc3[n+]2C)c1.Cc1cc(C)c(C)c(-c2c(-c3ncncn3)cc3ccccc3[n+]2C)c1.Cc1ccc(-c2cc3ccccc3[n+](C)c2-c2cc(C)cc(C)c2C)nc1. The first-order valence-electron chi connectivity index (χ1n) is 46.1. The second-order valence-corrected chi connectivity index (χ2v) is 36.4. The Kier molecular flexibility index (Phi) is 27.1. The minimum Gasteiger partial charge on any atom is -0.261 e. The van der Waals surface area contributed by atoms with Gasteiger partial charge in [0.05, 0.1) is 78.9 Å². The van der Waals surface area contributed by atoms with Gasteiger partial charge in [0, 0.05) is 94.4 Å². The standard InChI is InChI=1S/C27H29N2.C25H25N2.2C23H22N3.C22H21N4/c1-17(2)22-11-12-25(28-16-22)24-15-21-9-7-8-10-26(21)29(6)27(24)23-14-18(3)13-19(4)20(23)5;1-16-10-11-23(26-15-16)22-14-20-8-6-7-9-24(20)27(5)25(22)21-13-17(2)12-18(3)19(21)4;1-15-12-16(2)17(3)19(13-15)22-20(23-24-10-7-11-25-23)14-18-8-5-6-9-21(18)26(22)4;1-15-11-16(2)17(3)19(12-15)23-20(21-14-24-9-10-25-21)13-18-7-5-6-8-22(18)26(23)4;1-14-9-15(2)16(3)18(10-14)21-19(22-24-12-23-13-25-22)11-17-7-5-6-8-20(17)26(21)4/h7-17H,1-6H3;6-15H,1-5H3;2*5-14H,1-4H3;5-13H,1-4H3/q5*+1. The molecule has 20 aromatic rings. The third kappa shape index (κ3) is 18.9. The largest absolute Gasteiger partial charge is 0.261 e. The van der Waals surface area contributed by atoms with Crippen molar-refractivity contribution in [2.75, 3.05) is 0 Å². The van der Waals surface area contributed by atoms with Crippen molar-refractivity contribution in [2.45, 2.75) is 131 Å². The van der Waals surface area contributed by atoms with Crippen molar-refractivity contribution in [1.29, 1.82) is 0 Å². The second-order valence-electron chi connectivity index (χ2n) is 36.4. The van der Waals surface area contributed by atoms with Gasteiger partial charge in [0.15, 0.2) is 11.6 Å². The van der Waals surface area contributed by atoms with Crippen molar-refractivity contribution >= 4 is 54.5 Å². The highest BCUT2D eigenvalue weighted by atomic mass is 15.0. The van der Waals surface area contributed by atoms with Crippen LogP contribution >= 0.6 is 0 Å². The number of pyridine rings is 7. The van der Waals surface area contributed by atoms with Crippen LogP contribution in [-0.2, 0) is 35.2 Å². The summed E-state index contributed by atoms with van der Waals surface area (Å²) < 4.78 is 11.4. The van der Waals surface area contributed by atoms with Crippen LogP contribution in [0.25, 0.3) is 167 Å². The Bertz CT molecular complexity index is 7430. The molecule has 0 N–H and O–H groups in total. The van der Waals surface area contributed by atoms with Gasteiger partial charge in [0.1, 0.15) is 47.9 Å². The maximum atomic E-state index is 4.87. The molecule has 664 valence electrons. The lowest BCUT2D eigenvalue weighted by atomic mass is 9.92. The highest BCUT2D eigenvalue weighted by molar-refractivity contribution is 5.94. The number of benzene rings is 10. The van der Waals surface area contributed by atoms with E-state index < -0.39 is 0 Å². The minimum absolute atomic E-state index is 0.477. The Hall–Kier alpha value is -15.3. The molecule has 0 spiro atoms. The number of hydrogen-bond acceptors (Lipinski definition) is 9. The van der Waals surface area contributed by atoms with Gasteiger partial charge in [0.2, 0.25) is 56.1 Å². The van der Waals surface area contributed by atoms with Crippen LogP contribution < -0.4 is 22.8 Å². The summed E-state index contributed by atoms with van der Waals surface area (Å²) >= 11 is 0. The predicted octanol–water partition coefficient (Wildman–Crippen LogP) is 25.6. The average molecular weight is 1760 g/mol. The lowest BCUT2D eigenvalue weighted by Crippen LogP contribution is -2.33. The average Bonchev–Trinajstić information content (AvgIpc) is 0.804. The van der Waals surface area contributed by atoms with Crippen LogP contribution in [0.3, 0.4) is 0 Å². The van der Waals surface area contributed by atoms with Crippen molar-refractivity contribution < 1.29 is 22.8 Å². The Morgan fingerprint density at radius 3 is 0.799 bits per heavy atom. The smallest absolute Gasteiger partial charge is 0.224 e. The zero-order valence-electron chi connectivity index (χ0n) is 81.6. The van der Waals surface area contributed by atoms with Gasteiger partial charge >= 0.3 is 0 Å². The first kappa shape index (κ1) is 92.0. The molecule has 0 unspecified atom stereocenters. The van der Waals surface area contributed by atoms with E-state index in [9.17, 15) is 0 Å². The van der Waals surface area contributed by atoms with Gasteiger partial charge in [-0.15, -0.1) is 0 Å². The number of nitrogens with zero attached hydrogens (tertiary/aromatic N) is 14. The van der Waals surface area contributed by atoms with Crippen LogP contribution in [0.4, 0.5) is 0 Å². The summed E-state index contributed by atoms with van der Waals surface area (Å²) in [7, 11) is 10.7. The van der Waals surface area contributed by atoms with Crippen LogP contribution in [0.5, 0.6) is 0 Å². The first-order valence-corrected chi connectivity index (χ1v) is 46.1. The van der Waals surface area contributed by atoms with Crippen LogP contribution in [0.15, 0.2) is 299 Å². The maximum absolute atomic E-state index is 4.87. The summed E-state index contributed by atoms with van der Waals surface area (Å²) in [6, 6.07) is 86.7. The quantitative estimate of drug-likeness (QED) is 0.116. The second kappa shape index (κ2) is 39.4. The van der Waals surface area contributed by atoms with E-state index in [0.29, 0.717) is 11.7 Å². The molecule has 10 aromatic heterocycles. The summed E-state index contributed by atoms with van der Waals surface area (Å²) in [5.74, 6) is 1.92. The van der Waals surface area contributed by atoms with Crippen LogP contribution in [0, 0.1) is 111 Å². The fourth-order valence-corrected chi connectivity index (χ4v) is 19.0. The maximum Gasteiger partial charge on any atom is 0.224 e. The van der Waals surface area contributed by atoms with Gasteiger partial charge in [-0.25, -0.2) is 24.9 Å². The number of aromatic nitrogens is 14. The molecule has 20 rings (SSSR count). The van der Waals surface area contributed by atoms with Crippen LogP contribution in [0.2, 0.25) is 0 Å². The molecule has 14 nitrogen and oxygen atoms in total. The summed E-state index contributed by atoms with van der Waals surface area (Å²) in [5.41, 5.74) is 48.4.